The van der Waals surface area contributed by atoms with Crippen molar-refractivity contribution in [1.29, 1.82) is 0 Å². The Hall–Kier alpha value is -1.51. The topological polar surface area (TPSA) is 38.3 Å². The summed E-state index contributed by atoms with van der Waals surface area (Å²) in [4.78, 5) is 12.2. The lowest BCUT2D eigenvalue weighted by Crippen LogP contribution is -2.35. The molecule has 17 heavy (non-hydrogen) atoms. The third-order valence-electron chi connectivity index (χ3n) is 4.14. The van der Waals surface area contributed by atoms with Gasteiger partial charge in [0.15, 0.2) is 0 Å². The fourth-order valence-corrected chi connectivity index (χ4v) is 3.24. The van der Waals surface area contributed by atoms with Gasteiger partial charge in [-0.1, -0.05) is 18.6 Å². The molecule has 2 atom stereocenters. The second-order valence-electron chi connectivity index (χ2n) is 5.08. The molecular weight excluding hydrogens is 214 g/mol. The first-order valence-corrected chi connectivity index (χ1v) is 6.20. The standard InChI is InChI=1S/C14H17NO2/c1-17-12-6-2-4-10(8-12)14-7-3-5-11(9-14)15-13(14)16/h2,4,6,8,11H,3,5,7,9H2,1H3,(H,15,16). The summed E-state index contributed by atoms with van der Waals surface area (Å²) >= 11 is 0. The van der Waals surface area contributed by atoms with Crippen molar-refractivity contribution in [3.63, 3.8) is 0 Å². The summed E-state index contributed by atoms with van der Waals surface area (Å²) < 4.78 is 5.25. The molecule has 2 unspecified atom stereocenters. The van der Waals surface area contributed by atoms with Gasteiger partial charge in [0.25, 0.3) is 0 Å². The van der Waals surface area contributed by atoms with E-state index in [0.29, 0.717) is 6.04 Å². The predicted octanol–water partition coefficient (Wildman–Crippen LogP) is 2.01. The molecule has 0 spiro atoms. The minimum atomic E-state index is -0.294. The zero-order valence-electron chi connectivity index (χ0n) is 10.0. The van der Waals surface area contributed by atoms with E-state index in [4.69, 9.17) is 4.74 Å². The molecule has 2 fully saturated rings. The van der Waals surface area contributed by atoms with Crippen LogP contribution in [0.5, 0.6) is 5.75 Å². The Balaban J connectivity index is 2.04. The van der Waals surface area contributed by atoms with Crippen LogP contribution >= 0.6 is 0 Å². The predicted molar refractivity (Wildman–Crippen MR) is 65.1 cm³/mol. The molecule has 3 heteroatoms. The van der Waals surface area contributed by atoms with Crippen LogP contribution in [-0.2, 0) is 10.2 Å². The van der Waals surface area contributed by atoms with Gasteiger partial charge >= 0.3 is 0 Å². The van der Waals surface area contributed by atoms with Crippen molar-refractivity contribution in [3.8, 4) is 5.75 Å². The summed E-state index contributed by atoms with van der Waals surface area (Å²) in [5, 5.41) is 3.11. The molecule has 1 aliphatic heterocycles. The number of benzene rings is 1. The molecule has 2 aliphatic rings. The minimum Gasteiger partial charge on any atom is -0.497 e. The molecule has 1 heterocycles. The molecule has 0 aromatic heterocycles. The molecule has 1 N–H and O–H groups in total. The number of carbonyl (C=O) groups is 1. The van der Waals surface area contributed by atoms with E-state index >= 15 is 0 Å². The van der Waals surface area contributed by atoms with Crippen molar-refractivity contribution < 1.29 is 9.53 Å². The van der Waals surface area contributed by atoms with Gasteiger partial charge in [-0.05, 0) is 37.0 Å². The second kappa shape index (κ2) is 3.76. The van der Waals surface area contributed by atoms with E-state index in [0.717, 1.165) is 37.0 Å². The summed E-state index contributed by atoms with van der Waals surface area (Å²) in [6.07, 6.45) is 4.15. The smallest absolute Gasteiger partial charge is 0.230 e. The zero-order valence-corrected chi connectivity index (χ0v) is 10.0. The zero-order chi connectivity index (χ0) is 11.9. The molecule has 2 bridgehead atoms. The van der Waals surface area contributed by atoms with Crippen molar-refractivity contribution in [2.24, 2.45) is 0 Å². The highest BCUT2D eigenvalue weighted by Gasteiger charge is 2.50. The van der Waals surface area contributed by atoms with Crippen LogP contribution < -0.4 is 10.1 Å². The first kappa shape index (κ1) is 10.6. The molecule has 1 aromatic carbocycles. The first-order chi connectivity index (χ1) is 8.24. The Morgan fingerprint density at radius 3 is 3.18 bits per heavy atom. The highest BCUT2D eigenvalue weighted by atomic mass is 16.5. The molecule has 0 radical (unpaired) electrons. The van der Waals surface area contributed by atoms with Crippen molar-refractivity contribution in [1.82, 2.24) is 5.32 Å². The van der Waals surface area contributed by atoms with E-state index in [2.05, 4.69) is 11.4 Å². The Bertz CT molecular complexity index is 457. The van der Waals surface area contributed by atoms with Gasteiger partial charge in [0.2, 0.25) is 5.91 Å². The largest absolute Gasteiger partial charge is 0.497 e. The van der Waals surface area contributed by atoms with E-state index in [1.807, 2.05) is 18.2 Å². The first-order valence-electron chi connectivity index (χ1n) is 6.20. The molecule has 1 amide bonds. The number of hydrogen-bond acceptors (Lipinski definition) is 2. The van der Waals surface area contributed by atoms with Gasteiger partial charge in [0, 0.05) is 6.04 Å². The van der Waals surface area contributed by atoms with Crippen LogP contribution in [0.1, 0.15) is 31.2 Å². The SMILES string of the molecule is COc1cccc(C23CCCC(C2)NC3=O)c1. The van der Waals surface area contributed by atoms with Crippen LogP contribution in [-0.4, -0.2) is 19.1 Å². The number of ether oxygens (including phenoxy) is 1. The van der Waals surface area contributed by atoms with Gasteiger partial charge in [-0.15, -0.1) is 0 Å². The Morgan fingerprint density at radius 1 is 1.47 bits per heavy atom. The maximum atomic E-state index is 12.2. The van der Waals surface area contributed by atoms with Gasteiger partial charge in [0.1, 0.15) is 5.75 Å². The monoisotopic (exact) mass is 231 g/mol. The lowest BCUT2D eigenvalue weighted by Gasteiger charge is -2.30. The van der Waals surface area contributed by atoms with E-state index in [1.54, 1.807) is 7.11 Å². The maximum absolute atomic E-state index is 12.2. The third kappa shape index (κ3) is 1.53. The van der Waals surface area contributed by atoms with Crippen LogP contribution in [0.25, 0.3) is 0 Å². The van der Waals surface area contributed by atoms with E-state index < -0.39 is 0 Å². The fraction of sp³-hybridized carbons (Fsp3) is 0.500. The average Bonchev–Trinajstić information content (AvgIpc) is 2.60. The fourth-order valence-electron chi connectivity index (χ4n) is 3.24. The molecular formula is C14H17NO2. The van der Waals surface area contributed by atoms with Crippen molar-refractivity contribution in [2.75, 3.05) is 7.11 Å². The highest BCUT2D eigenvalue weighted by Crippen LogP contribution is 2.44. The van der Waals surface area contributed by atoms with Crippen molar-refractivity contribution in [3.05, 3.63) is 29.8 Å². The van der Waals surface area contributed by atoms with Crippen molar-refractivity contribution >= 4 is 5.91 Å². The van der Waals surface area contributed by atoms with Gasteiger partial charge in [-0.2, -0.15) is 0 Å². The number of amides is 1. The molecule has 1 saturated heterocycles. The van der Waals surface area contributed by atoms with Gasteiger partial charge in [0.05, 0.1) is 12.5 Å². The van der Waals surface area contributed by atoms with E-state index in [1.165, 1.54) is 0 Å². The van der Waals surface area contributed by atoms with Crippen LogP contribution in [0, 0.1) is 0 Å². The van der Waals surface area contributed by atoms with Crippen molar-refractivity contribution in [2.45, 2.75) is 37.1 Å². The Morgan fingerprint density at radius 2 is 2.35 bits per heavy atom. The Labute approximate surface area is 101 Å². The summed E-state index contributed by atoms with van der Waals surface area (Å²) in [6, 6.07) is 8.33. The number of carbonyl (C=O) groups excluding carboxylic acids is 1. The minimum absolute atomic E-state index is 0.202. The van der Waals surface area contributed by atoms with Crippen LogP contribution in [0.15, 0.2) is 24.3 Å². The molecule has 1 saturated carbocycles. The number of rotatable bonds is 2. The number of fused-ring (bicyclic) bond motifs is 2. The van der Waals surface area contributed by atoms with Crippen LogP contribution in [0.4, 0.5) is 0 Å². The van der Waals surface area contributed by atoms with Gasteiger partial charge < -0.3 is 10.1 Å². The molecule has 3 rings (SSSR count). The number of nitrogens with one attached hydrogen (secondary N) is 1. The second-order valence-corrected chi connectivity index (χ2v) is 5.08. The van der Waals surface area contributed by atoms with E-state index in [9.17, 15) is 4.79 Å². The third-order valence-corrected chi connectivity index (χ3v) is 4.14. The summed E-state index contributed by atoms with van der Waals surface area (Å²) in [5.41, 5.74) is 0.814. The molecule has 3 nitrogen and oxygen atoms in total. The Kier molecular flexibility index (Phi) is 2.35. The summed E-state index contributed by atoms with van der Waals surface area (Å²) in [7, 11) is 1.66. The molecule has 1 aliphatic carbocycles. The normalized spacial score (nSPS) is 31.1. The maximum Gasteiger partial charge on any atom is 0.230 e. The van der Waals surface area contributed by atoms with Gasteiger partial charge in [-0.3, -0.25) is 4.79 Å². The van der Waals surface area contributed by atoms with Crippen LogP contribution in [0.3, 0.4) is 0 Å². The molecule has 1 aromatic rings. The average molecular weight is 231 g/mol. The summed E-state index contributed by atoms with van der Waals surface area (Å²) in [6.45, 7) is 0. The number of methoxy groups -OCH3 is 1. The molecule has 90 valence electrons. The van der Waals surface area contributed by atoms with E-state index in [-0.39, 0.29) is 11.3 Å². The highest BCUT2D eigenvalue weighted by molar-refractivity contribution is 5.91. The lowest BCUT2D eigenvalue weighted by atomic mass is 9.70. The van der Waals surface area contributed by atoms with Crippen LogP contribution in [0.2, 0.25) is 0 Å². The number of hydrogen-bond donors (Lipinski definition) is 1. The lowest BCUT2D eigenvalue weighted by molar-refractivity contribution is -0.124. The van der Waals surface area contributed by atoms with Gasteiger partial charge in [-0.25, -0.2) is 0 Å². The summed E-state index contributed by atoms with van der Waals surface area (Å²) in [5.74, 6) is 1.03. The quantitative estimate of drug-likeness (QED) is 0.845.